The standard InChI is InChI=1S/C23H21N5O4/c1-31-11-10-27-22(29)20-21(28(23(27)30)18-8-5-9-19(12-18)32-2)25-15-26(20)14-17-7-4-3-6-16(17)13-24/h3-9,12,15H,10-11,14H2,1-2H3. The van der Waals surface area contributed by atoms with E-state index in [4.69, 9.17) is 9.47 Å². The number of nitrogens with zero attached hydrogens (tertiary/aromatic N) is 5. The molecular weight excluding hydrogens is 410 g/mol. The van der Waals surface area contributed by atoms with Crippen LogP contribution in [0.4, 0.5) is 0 Å². The number of fused-ring (bicyclic) bond motifs is 1. The zero-order valence-corrected chi connectivity index (χ0v) is 17.7. The number of ether oxygens (including phenoxy) is 2. The second kappa shape index (κ2) is 8.91. The molecule has 32 heavy (non-hydrogen) atoms. The Labute approximate surface area is 183 Å². The average molecular weight is 431 g/mol. The lowest BCUT2D eigenvalue weighted by Gasteiger charge is -2.13. The lowest BCUT2D eigenvalue weighted by molar-refractivity contribution is 0.184. The van der Waals surface area contributed by atoms with Crippen molar-refractivity contribution >= 4 is 11.2 Å². The fourth-order valence-corrected chi connectivity index (χ4v) is 3.61. The molecule has 0 unspecified atom stereocenters. The molecule has 2 aromatic carbocycles. The van der Waals surface area contributed by atoms with Crippen LogP contribution < -0.4 is 16.0 Å². The van der Waals surface area contributed by atoms with Crippen LogP contribution in [0.2, 0.25) is 0 Å². The Morgan fingerprint density at radius 3 is 2.66 bits per heavy atom. The number of aromatic nitrogens is 4. The third-order valence-corrected chi connectivity index (χ3v) is 5.21. The first-order valence-corrected chi connectivity index (χ1v) is 9.91. The van der Waals surface area contributed by atoms with Crippen LogP contribution in [0.15, 0.2) is 64.4 Å². The van der Waals surface area contributed by atoms with Gasteiger partial charge < -0.3 is 14.0 Å². The maximum absolute atomic E-state index is 13.3. The van der Waals surface area contributed by atoms with Crippen molar-refractivity contribution in [3.63, 3.8) is 0 Å². The van der Waals surface area contributed by atoms with Gasteiger partial charge in [-0.3, -0.25) is 9.36 Å². The van der Waals surface area contributed by atoms with Gasteiger partial charge in [0.2, 0.25) is 0 Å². The van der Waals surface area contributed by atoms with Gasteiger partial charge in [-0.05, 0) is 23.8 Å². The fraction of sp³-hybridized carbons (Fsp3) is 0.217. The normalized spacial score (nSPS) is 10.9. The SMILES string of the molecule is COCCn1c(=O)c2c(ncn2Cc2ccccc2C#N)n(-c2cccc(OC)c2)c1=O. The van der Waals surface area contributed by atoms with Crippen LogP contribution in [-0.4, -0.2) is 39.5 Å². The maximum atomic E-state index is 13.3. The van der Waals surface area contributed by atoms with Gasteiger partial charge in [0.05, 0.1) is 50.5 Å². The number of imidazole rings is 1. The Morgan fingerprint density at radius 1 is 1.09 bits per heavy atom. The molecule has 4 rings (SSSR count). The Hall–Kier alpha value is -4.16. The van der Waals surface area contributed by atoms with Crippen LogP contribution in [-0.2, 0) is 17.8 Å². The number of benzene rings is 2. The van der Waals surface area contributed by atoms with Crippen molar-refractivity contribution in [3.05, 3.63) is 86.8 Å². The molecule has 0 saturated carbocycles. The Morgan fingerprint density at radius 2 is 1.91 bits per heavy atom. The smallest absolute Gasteiger partial charge is 0.337 e. The lowest BCUT2D eigenvalue weighted by atomic mass is 10.1. The van der Waals surface area contributed by atoms with Crippen molar-refractivity contribution in [2.45, 2.75) is 13.1 Å². The summed E-state index contributed by atoms with van der Waals surface area (Å²) in [6, 6.07) is 16.3. The molecule has 0 fully saturated rings. The van der Waals surface area contributed by atoms with E-state index in [1.165, 1.54) is 18.0 Å². The minimum atomic E-state index is -0.518. The summed E-state index contributed by atoms with van der Waals surface area (Å²) in [6.45, 7) is 0.550. The van der Waals surface area contributed by atoms with Crippen LogP contribution in [0, 0.1) is 11.3 Å². The summed E-state index contributed by atoms with van der Waals surface area (Å²) in [5.41, 5.74) is 1.29. The second-order valence-corrected chi connectivity index (χ2v) is 7.08. The third kappa shape index (κ3) is 3.68. The van der Waals surface area contributed by atoms with E-state index in [0.29, 0.717) is 17.0 Å². The monoisotopic (exact) mass is 431 g/mol. The zero-order chi connectivity index (χ0) is 22.7. The Balaban J connectivity index is 1.99. The Bertz CT molecular complexity index is 1440. The largest absolute Gasteiger partial charge is 0.497 e. The molecular formula is C23H21N5O4. The van der Waals surface area contributed by atoms with Crippen LogP contribution in [0.5, 0.6) is 5.75 Å². The van der Waals surface area contributed by atoms with E-state index in [-0.39, 0.29) is 30.9 Å². The van der Waals surface area contributed by atoms with Crippen molar-refractivity contribution in [2.24, 2.45) is 0 Å². The van der Waals surface area contributed by atoms with Gasteiger partial charge in [0.25, 0.3) is 5.56 Å². The van der Waals surface area contributed by atoms with Gasteiger partial charge in [-0.1, -0.05) is 24.3 Å². The van der Waals surface area contributed by atoms with E-state index in [1.807, 2.05) is 12.1 Å². The molecule has 0 saturated heterocycles. The van der Waals surface area contributed by atoms with E-state index < -0.39 is 11.2 Å². The van der Waals surface area contributed by atoms with E-state index in [1.54, 1.807) is 48.1 Å². The highest BCUT2D eigenvalue weighted by Gasteiger charge is 2.20. The first-order chi connectivity index (χ1) is 15.6. The Kier molecular flexibility index (Phi) is 5.87. The minimum Gasteiger partial charge on any atom is -0.497 e. The predicted molar refractivity (Wildman–Crippen MR) is 118 cm³/mol. The third-order valence-electron chi connectivity index (χ3n) is 5.21. The summed E-state index contributed by atoms with van der Waals surface area (Å²) in [4.78, 5) is 31.0. The molecule has 2 heterocycles. The van der Waals surface area contributed by atoms with Crippen LogP contribution in [0.1, 0.15) is 11.1 Å². The van der Waals surface area contributed by atoms with Crippen LogP contribution >= 0.6 is 0 Å². The number of methoxy groups -OCH3 is 2. The summed E-state index contributed by atoms with van der Waals surface area (Å²) < 4.78 is 14.6. The summed E-state index contributed by atoms with van der Waals surface area (Å²) in [5, 5.41) is 9.42. The van der Waals surface area contributed by atoms with Crippen LogP contribution in [0.25, 0.3) is 16.9 Å². The van der Waals surface area contributed by atoms with Gasteiger partial charge in [0, 0.05) is 13.2 Å². The van der Waals surface area contributed by atoms with Gasteiger partial charge in [-0.2, -0.15) is 5.26 Å². The molecule has 9 nitrogen and oxygen atoms in total. The molecule has 0 radical (unpaired) electrons. The van der Waals surface area contributed by atoms with Crippen LogP contribution in [0.3, 0.4) is 0 Å². The molecule has 0 atom stereocenters. The van der Waals surface area contributed by atoms with Gasteiger partial charge in [-0.15, -0.1) is 0 Å². The predicted octanol–water partition coefficient (Wildman–Crippen LogP) is 1.92. The molecule has 9 heteroatoms. The number of nitriles is 1. The molecule has 0 aliphatic rings. The number of rotatable bonds is 7. The van der Waals surface area contributed by atoms with E-state index in [2.05, 4.69) is 11.1 Å². The second-order valence-electron chi connectivity index (χ2n) is 7.08. The zero-order valence-electron chi connectivity index (χ0n) is 17.7. The minimum absolute atomic E-state index is 0.0913. The van der Waals surface area contributed by atoms with E-state index in [0.717, 1.165) is 10.1 Å². The van der Waals surface area contributed by atoms with E-state index in [9.17, 15) is 14.9 Å². The highest BCUT2D eigenvalue weighted by molar-refractivity contribution is 5.72. The first kappa shape index (κ1) is 21.1. The molecule has 4 aromatic rings. The van der Waals surface area contributed by atoms with Crippen molar-refractivity contribution < 1.29 is 9.47 Å². The highest BCUT2D eigenvalue weighted by atomic mass is 16.5. The molecule has 0 spiro atoms. The molecule has 0 N–H and O–H groups in total. The summed E-state index contributed by atoms with van der Waals surface area (Å²) in [5.74, 6) is 0.569. The van der Waals surface area contributed by atoms with Crippen molar-refractivity contribution in [2.75, 3.05) is 20.8 Å². The summed E-state index contributed by atoms with van der Waals surface area (Å²) in [6.07, 6.45) is 1.51. The molecule has 0 aliphatic heterocycles. The quantitative estimate of drug-likeness (QED) is 0.443. The molecule has 0 aliphatic carbocycles. The summed E-state index contributed by atoms with van der Waals surface area (Å²) >= 11 is 0. The fourth-order valence-electron chi connectivity index (χ4n) is 3.61. The van der Waals surface area contributed by atoms with Gasteiger partial charge >= 0.3 is 5.69 Å². The van der Waals surface area contributed by atoms with Crippen molar-refractivity contribution in [1.29, 1.82) is 5.26 Å². The molecule has 162 valence electrons. The average Bonchev–Trinajstić information content (AvgIpc) is 3.23. The van der Waals surface area contributed by atoms with Crippen molar-refractivity contribution in [1.82, 2.24) is 18.7 Å². The molecule has 2 aromatic heterocycles. The number of hydrogen-bond donors (Lipinski definition) is 0. The van der Waals surface area contributed by atoms with Gasteiger partial charge in [0.1, 0.15) is 5.75 Å². The summed E-state index contributed by atoms with van der Waals surface area (Å²) in [7, 11) is 3.05. The lowest BCUT2D eigenvalue weighted by Crippen LogP contribution is -2.41. The molecule has 0 bridgehead atoms. The number of hydrogen-bond acceptors (Lipinski definition) is 6. The highest BCUT2D eigenvalue weighted by Crippen LogP contribution is 2.19. The van der Waals surface area contributed by atoms with Gasteiger partial charge in [-0.25, -0.2) is 14.3 Å². The maximum Gasteiger partial charge on any atom is 0.337 e. The van der Waals surface area contributed by atoms with E-state index >= 15 is 0 Å². The topological polar surface area (TPSA) is 104 Å². The molecule has 0 amide bonds. The first-order valence-electron chi connectivity index (χ1n) is 9.91. The van der Waals surface area contributed by atoms with Gasteiger partial charge in [0.15, 0.2) is 11.2 Å². The van der Waals surface area contributed by atoms with Crippen molar-refractivity contribution in [3.8, 4) is 17.5 Å².